The molecule has 4 heteroatoms. The molecule has 0 saturated heterocycles. The van der Waals surface area contributed by atoms with Gasteiger partial charge in [-0.05, 0) is 42.3 Å². The van der Waals surface area contributed by atoms with Gasteiger partial charge in [-0.3, -0.25) is 4.79 Å². The lowest BCUT2D eigenvalue weighted by Gasteiger charge is -2.11. The van der Waals surface area contributed by atoms with Gasteiger partial charge in [0.05, 0.1) is 13.2 Å². The Labute approximate surface area is 143 Å². The van der Waals surface area contributed by atoms with Gasteiger partial charge in [0, 0.05) is 12.0 Å². The number of para-hydroxylation sites is 1. The molecule has 0 heterocycles. The van der Waals surface area contributed by atoms with Crippen LogP contribution in [0.25, 0.3) is 0 Å². The minimum absolute atomic E-state index is 0.291. The molecule has 0 fully saturated rings. The third-order valence-electron chi connectivity index (χ3n) is 3.63. The Hall–Kier alpha value is -2.33. The molecule has 0 aromatic heterocycles. The van der Waals surface area contributed by atoms with Crippen LogP contribution in [0.15, 0.2) is 48.5 Å². The Kier molecular flexibility index (Phi) is 7.30. The number of carbonyl (C=O) groups is 1. The van der Waals surface area contributed by atoms with Gasteiger partial charge in [-0.2, -0.15) is 0 Å². The van der Waals surface area contributed by atoms with Crippen LogP contribution in [0.2, 0.25) is 0 Å². The Morgan fingerprint density at radius 2 is 1.71 bits per heavy atom. The fraction of sp³-hybridized carbons (Fsp3) is 0.350. The van der Waals surface area contributed by atoms with Crippen molar-refractivity contribution >= 4 is 5.78 Å². The van der Waals surface area contributed by atoms with Gasteiger partial charge in [0.2, 0.25) is 0 Å². The number of hydrogen-bond acceptors (Lipinski definition) is 4. The molecule has 2 rings (SSSR count). The lowest BCUT2D eigenvalue weighted by atomic mass is 10.1. The molecule has 0 radical (unpaired) electrons. The normalized spacial score (nSPS) is 10.4. The zero-order valence-corrected chi connectivity index (χ0v) is 14.0. The minimum Gasteiger partial charge on any atom is -0.493 e. The van der Waals surface area contributed by atoms with E-state index in [1.165, 1.54) is 5.56 Å². The van der Waals surface area contributed by atoms with E-state index in [2.05, 4.69) is 13.0 Å². The molecule has 128 valence electrons. The van der Waals surface area contributed by atoms with Crippen LogP contribution in [0.3, 0.4) is 0 Å². The summed E-state index contributed by atoms with van der Waals surface area (Å²) in [7, 11) is 0. The summed E-state index contributed by atoms with van der Waals surface area (Å²) in [6.07, 6.45) is 2.89. The average Bonchev–Trinajstić information content (AvgIpc) is 2.63. The Morgan fingerprint density at radius 3 is 2.42 bits per heavy atom. The van der Waals surface area contributed by atoms with E-state index in [0.717, 1.165) is 25.0 Å². The maximum atomic E-state index is 11.3. The molecular formula is C20H24O4. The molecule has 1 N–H and O–H groups in total. The van der Waals surface area contributed by atoms with Crippen molar-refractivity contribution in [3.63, 3.8) is 0 Å². The molecule has 0 aliphatic heterocycles. The van der Waals surface area contributed by atoms with Gasteiger partial charge >= 0.3 is 0 Å². The van der Waals surface area contributed by atoms with E-state index >= 15 is 0 Å². The molecule has 0 atom stereocenters. The van der Waals surface area contributed by atoms with Crippen molar-refractivity contribution in [1.29, 1.82) is 0 Å². The molecule has 0 aliphatic rings. The summed E-state index contributed by atoms with van der Waals surface area (Å²) in [5.74, 6) is 1.36. The fourth-order valence-corrected chi connectivity index (χ4v) is 2.38. The number of hydrogen-bond donors (Lipinski definition) is 1. The van der Waals surface area contributed by atoms with Crippen LogP contribution in [-0.4, -0.2) is 30.7 Å². The van der Waals surface area contributed by atoms with Crippen molar-refractivity contribution in [2.24, 2.45) is 0 Å². The Morgan fingerprint density at radius 1 is 1.00 bits per heavy atom. The van der Waals surface area contributed by atoms with Gasteiger partial charge in [0.25, 0.3) is 0 Å². The smallest absolute Gasteiger partial charge is 0.188 e. The minimum atomic E-state index is -0.475. The first-order valence-corrected chi connectivity index (χ1v) is 8.32. The van der Waals surface area contributed by atoms with Gasteiger partial charge in [0.1, 0.15) is 18.1 Å². The van der Waals surface area contributed by atoms with Crippen LogP contribution in [0, 0.1) is 0 Å². The van der Waals surface area contributed by atoms with E-state index in [1.807, 2.05) is 18.2 Å². The second-order valence-corrected chi connectivity index (χ2v) is 5.51. The third kappa shape index (κ3) is 5.39. The SMILES string of the molecule is CCCc1ccccc1OCCCOc1ccc(C(=O)CO)cc1. The summed E-state index contributed by atoms with van der Waals surface area (Å²) in [6.45, 7) is 2.83. The van der Waals surface area contributed by atoms with Crippen molar-refractivity contribution in [3.05, 3.63) is 59.7 Å². The van der Waals surface area contributed by atoms with E-state index in [1.54, 1.807) is 24.3 Å². The largest absolute Gasteiger partial charge is 0.493 e. The van der Waals surface area contributed by atoms with Gasteiger partial charge in [-0.25, -0.2) is 0 Å². The first kappa shape index (κ1) is 18.0. The van der Waals surface area contributed by atoms with Gasteiger partial charge < -0.3 is 14.6 Å². The van der Waals surface area contributed by atoms with E-state index in [0.29, 0.717) is 24.5 Å². The maximum Gasteiger partial charge on any atom is 0.188 e. The molecule has 2 aromatic rings. The van der Waals surface area contributed by atoms with Gasteiger partial charge in [-0.1, -0.05) is 31.5 Å². The molecule has 4 nitrogen and oxygen atoms in total. The second kappa shape index (κ2) is 9.73. The number of ether oxygens (including phenoxy) is 2. The number of Topliss-reactive ketones (excluding diaryl/α,β-unsaturated/α-hetero) is 1. The summed E-state index contributed by atoms with van der Waals surface area (Å²) in [5.41, 5.74) is 1.73. The van der Waals surface area contributed by atoms with E-state index in [4.69, 9.17) is 14.6 Å². The Bertz CT molecular complexity index is 634. The molecular weight excluding hydrogens is 304 g/mol. The number of ketones is 1. The quantitative estimate of drug-likeness (QED) is 0.534. The molecule has 0 amide bonds. The van der Waals surface area contributed by atoms with Crippen molar-refractivity contribution in [3.8, 4) is 11.5 Å². The lowest BCUT2D eigenvalue weighted by Crippen LogP contribution is -2.07. The topological polar surface area (TPSA) is 55.8 Å². The number of rotatable bonds is 10. The highest BCUT2D eigenvalue weighted by molar-refractivity contribution is 5.96. The molecule has 24 heavy (non-hydrogen) atoms. The predicted octanol–water partition coefficient (Wildman–Crippen LogP) is 3.66. The zero-order chi connectivity index (χ0) is 17.2. The molecule has 0 saturated carbocycles. The van der Waals surface area contributed by atoms with Crippen molar-refractivity contribution in [2.75, 3.05) is 19.8 Å². The number of aliphatic hydroxyl groups excluding tert-OH is 1. The summed E-state index contributed by atoms with van der Waals surface area (Å²) < 4.78 is 11.5. The number of aryl methyl sites for hydroxylation is 1. The summed E-state index contributed by atoms with van der Waals surface area (Å²) in [6, 6.07) is 14.9. The molecule has 0 unspecified atom stereocenters. The van der Waals surface area contributed by atoms with Crippen LogP contribution in [0.1, 0.15) is 35.7 Å². The van der Waals surface area contributed by atoms with Crippen LogP contribution >= 0.6 is 0 Å². The number of carbonyl (C=O) groups excluding carboxylic acids is 1. The predicted molar refractivity (Wildman–Crippen MR) is 93.9 cm³/mol. The fourth-order valence-electron chi connectivity index (χ4n) is 2.38. The average molecular weight is 328 g/mol. The Balaban J connectivity index is 1.72. The van der Waals surface area contributed by atoms with Crippen LogP contribution in [0.4, 0.5) is 0 Å². The second-order valence-electron chi connectivity index (χ2n) is 5.51. The summed E-state index contributed by atoms with van der Waals surface area (Å²) in [5, 5.41) is 8.81. The first-order chi connectivity index (χ1) is 11.7. The zero-order valence-electron chi connectivity index (χ0n) is 14.0. The van der Waals surface area contributed by atoms with Crippen LogP contribution in [0.5, 0.6) is 11.5 Å². The molecule has 2 aromatic carbocycles. The van der Waals surface area contributed by atoms with Gasteiger partial charge in [-0.15, -0.1) is 0 Å². The van der Waals surface area contributed by atoms with Crippen molar-refractivity contribution in [2.45, 2.75) is 26.2 Å². The van der Waals surface area contributed by atoms with E-state index in [9.17, 15) is 4.79 Å². The number of benzene rings is 2. The standard InChI is InChI=1S/C20H24O4/c1-2-6-17-7-3-4-8-20(17)24-14-5-13-23-18-11-9-16(10-12-18)19(22)15-21/h3-4,7-12,21H,2,5-6,13-15H2,1H3. The van der Waals surface area contributed by atoms with E-state index < -0.39 is 6.61 Å². The highest BCUT2D eigenvalue weighted by atomic mass is 16.5. The summed E-state index contributed by atoms with van der Waals surface area (Å²) in [4.78, 5) is 11.3. The highest BCUT2D eigenvalue weighted by Gasteiger charge is 2.04. The van der Waals surface area contributed by atoms with Crippen molar-refractivity contribution < 1.29 is 19.4 Å². The highest BCUT2D eigenvalue weighted by Crippen LogP contribution is 2.19. The van der Waals surface area contributed by atoms with Gasteiger partial charge in [0.15, 0.2) is 5.78 Å². The van der Waals surface area contributed by atoms with Crippen LogP contribution in [-0.2, 0) is 6.42 Å². The van der Waals surface area contributed by atoms with Crippen LogP contribution < -0.4 is 9.47 Å². The van der Waals surface area contributed by atoms with E-state index in [-0.39, 0.29) is 5.78 Å². The monoisotopic (exact) mass is 328 g/mol. The maximum absolute atomic E-state index is 11.3. The number of aliphatic hydroxyl groups is 1. The molecule has 0 aliphatic carbocycles. The van der Waals surface area contributed by atoms with Crippen molar-refractivity contribution in [1.82, 2.24) is 0 Å². The molecule has 0 spiro atoms. The third-order valence-corrected chi connectivity index (χ3v) is 3.63. The first-order valence-electron chi connectivity index (χ1n) is 8.32. The summed E-state index contributed by atoms with van der Waals surface area (Å²) >= 11 is 0. The molecule has 0 bridgehead atoms. The lowest BCUT2D eigenvalue weighted by molar-refractivity contribution is 0.0903.